The molecule has 0 saturated heterocycles. The van der Waals surface area contributed by atoms with Crippen LogP contribution in [0.15, 0.2) is 0 Å². The average molecular weight is 222 g/mol. The number of hydrogen-bond donors (Lipinski definition) is 1. The Balaban J connectivity index is 2.13. The van der Waals surface area contributed by atoms with E-state index in [1.54, 1.807) is 0 Å². The van der Waals surface area contributed by atoms with Gasteiger partial charge in [0.1, 0.15) is 0 Å². The van der Waals surface area contributed by atoms with E-state index >= 15 is 0 Å². The van der Waals surface area contributed by atoms with Gasteiger partial charge in [-0.2, -0.15) is 0 Å². The Morgan fingerprint density at radius 1 is 1.06 bits per heavy atom. The summed E-state index contributed by atoms with van der Waals surface area (Å²) in [6.07, 6.45) is 6.23. The minimum Gasteiger partial charge on any atom is -0.389 e. The van der Waals surface area contributed by atoms with Gasteiger partial charge < -0.3 is 5.11 Å². The molecule has 1 N–H and O–H groups in total. The predicted molar refractivity (Wildman–Crippen MR) is 66.1 cm³/mol. The summed E-state index contributed by atoms with van der Waals surface area (Å²) in [5, 5.41) is 11.3. The fourth-order valence-corrected chi connectivity index (χ4v) is 5.69. The lowest BCUT2D eigenvalue weighted by molar-refractivity contribution is -0.291. The molecule has 0 spiro atoms. The smallest absolute Gasteiger partial charge is 0.0757 e. The Morgan fingerprint density at radius 3 is 2.44 bits per heavy atom. The molecule has 0 aromatic carbocycles. The molecule has 4 aliphatic carbocycles. The average Bonchev–Trinajstić information content (AvgIpc) is 2.22. The third-order valence-corrected chi connectivity index (χ3v) is 7.05. The molecule has 0 heterocycles. The van der Waals surface area contributed by atoms with Crippen molar-refractivity contribution in [1.82, 2.24) is 0 Å². The van der Waals surface area contributed by atoms with Crippen LogP contribution in [0.1, 0.15) is 59.8 Å². The van der Waals surface area contributed by atoms with Crippen LogP contribution in [-0.4, -0.2) is 10.7 Å². The van der Waals surface area contributed by atoms with E-state index in [0.717, 1.165) is 24.2 Å². The lowest BCUT2D eigenvalue weighted by Gasteiger charge is -2.71. The van der Waals surface area contributed by atoms with Crippen LogP contribution in [0, 0.1) is 28.6 Å². The quantitative estimate of drug-likeness (QED) is 0.664. The van der Waals surface area contributed by atoms with Gasteiger partial charge in [-0.3, -0.25) is 0 Å². The van der Waals surface area contributed by atoms with Crippen molar-refractivity contribution >= 4 is 0 Å². The van der Waals surface area contributed by atoms with Gasteiger partial charge in [-0.05, 0) is 60.7 Å². The third-order valence-electron chi connectivity index (χ3n) is 7.05. The molecule has 4 bridgehead atoms. The molecule has 1 unspecified atom stereocenters. The summed E-state index contributed by atoms with van der Waals surface area (Å²) in [6.45, 7) is 9.43. The molecule has 0 aliphatic heterocycles. The van der Waals surface area contributed by atoms with Gasteiger partial charge in [-0.15, -0.1) is 0 Å². The Hall–Kier alpha value is -0.0400. The van der Waals surface area contributed by atoms with Gasteiger partial charge in [0.2, 0.25) is 0 Å². The highest BCUT2D eigenvalue weighted by Gasteiger charge is 2.69. The summed E-state index contributed by atoms with van der Waals surface area (Å²) in [5.74, 6) is 2.36. The number of rotatable bonds is 0. The van der Waals surface area contributed by atoms with E-state index < -0.39 is 5.60 Å². The Kier molecular flexibility index (Phi) is 1.98. The fraction of sp³-hybridized carbons (Fsp3) is 1.00. The highest BCUT2D eigenvalue weighted by atomic mass is 16.3. The molecule has 1 nitrogen and oxygen atoms in total. The van der Waals surface area contributed by atoms with Crippen molar-refractivity contribution in [3.05, 3.63) is 0 Å². The maximum absolute atomic E-state index is 11.3. The van der Waals surface area contributed by atoms with Crippen molar-refractivity contribution in [3.63, 3.8) is 0 Å². The predicted octanol–water partition coefficient (Wildman–Crippen LogP) is 3.61. The topological polar surface area (TPSA) is 20.2 Å². The first-order chi connectivity index (χ1) is 7.33. The lowest BCUT2D eigenvalue weighted by atomic mass is 9.35. The van der Waals surface area contributed by atoms with Gasteiger partial charge in [0.25, 0.3) is 0 Å². The van der Waals surface area contributed by atoms with Crippen LogP contribution in [0.3, 0.4) is 0 Å². The van der Waals surface area contributed by atoms with Crippen molar-refractivity contribution in [1.29, 1.82) is 0 Å². The normalized spacial score (nSPS) is 58.7. The van der Waals surface area contributed by atoms with Crippen LogP contribution >= 0.6 is 0 Å². The maximum atomic E-state index is 11.3. The molecule has 4 fully saturated rings. The molecule has 1 heteroatoms. The van der Waals surface area contributed by atoms with Crippen LogP contribution in [0.5, 0.6) is 0 Å². The third kappa shape index (κ3) is 0.939. The number of hydrogen-bond acceptors (Lipinski definition) is 1. The molecule has 0 amide bonds. The van der Waals surface area contributed by atoms with E-state index in [0.29, 0.717) is 0 Å². The lowest BCUT2D eigenvalue weighted by Crippen LogP contribution is -2.71. The van der Waals surface area contributed by atoms with Crippen LogP contribution < -0.4 is 0 Å². The molecule has 5 atom stereocenters. The second kappa shape index (κ2) is 2.85. The molecule has 0 radical (unpaired) electrons. The van der Waals surface area contributed by atoms with E-state index in [4.69, 9.17) is 0 Å². The van der Waals surface area contributed by atoms with Gasteiger partial charge in [0.05, 0.1) is 5.60 Å². The zero-order valence-corrected chi connectivity index (χ0v) is 11.2. The van der Waals surface area contributed by atoms with Crippen molar-refractivity contribution in [3.8, 4) is 0 Å². The highest BCUT2D eigenvalue weighted by Crippen LogP contribution is 2.71. The number of fused-ring (bicyclic) bond motifs is 1. The van der Waals surface area contributed by atoms with Gasteiger partial charge >= 0.3 is 0 Å². The second-order valence-electron chi connectivity index (χ2n) is 7.59. The summed E-state index contributed by atoms with van der Waals surface area (Å²) in [7, 11) is 0. The second-order valence-corrected chi connectivity index (χ2v) is 7.59. The van der Waals surface area contributed by atoms with Crippen LogP contribution in [-0.2, 0) is 0 Å². The van der Waals surface area contributed by atoms with Gasteiger partial charge in [-0.25, -0.2) is 0 Å². The summed E-state index contributed by atoms with van der Waals surface area (Å²) >= 11 is 0. The van der Waals surface area contributed by atoms with Gasteiger partial charge in [-0.1, -0.05) is 27.7 Å². The largest absolute Gasteiger partial charge is 0.389 e. The SMILES string of the molecule is C[C@H]1CC[C@@]2(O)C(C)(C)[C@@H]3CCC2(C)[C@@H]1C3. The zero-order chi connectivity index (χ0) is 11.8. The summed E-state index contributed by atoms with van der Waals surface area (Å²) in [6, 6.07) is 0. The van der Waals surface area contributed by atoms with Gasteiger partial charge in [0, 0.05) is 0 Å². The molecule has 16 heavy (non-hydrogen) atoms. The van der Waals surface area contributed by atoms with E-state index in [-0.39, 0.29) is 10.8 Å². The van der Waals surface area contributed by atoms with E-state index in [1.165, 1.54) is 25.7 Å². The number of aliphatic hydroxyl groups is 1. The molecule has 92 valence electrons. The molecule has 0 aromatic rings. The van der Waals surface area contributed by atoms with Crippen LogP contribution in [0.2, 0.25) is 0 Å². The van der Waals surface area contributed by atoms with Crippen LogP contribution in [0.25, 0.3) is 0 Å². The molecular weight excluding hydrogens is 196 g/mol. The first-order valence-corrected chi connectivity index (χ1v) is 7.05. The minimum absolute atomic E-state index is 0.136. The van der Waals surface area contributed by atoms with E-state index in [2.05, 4.69) is 27.7 Å². The highest BCUT2D eigenvalue weighted by molar-refractivity contribution is 5.19. The first kappa shape index (κ1) is 11.1. The van der Waals surface area contributed by atoms with E-state index in [1.807, 2.05) is 0 Å². The first-order valence-electron chi connectivity index (χ1n) is 7.05. The monoisotopic (exact) mass is 222 g/mol. The standard InChI is InChI=1S/C15H26O/c1-10-5-8-15(16)13(2,3)11-6-7-14(15,4)12(10)9-11/h10-12,16H,5-9H2,1-4H3/t10-,11+,12+,14?,15+/m0/s1. The molecule has 4 rings (SSSR count). The molecular formula is C15H26O. The maximum Gasteiger partial charge on any atom is 0.0757 e. The summed E-state index contributed by atoms with van der Waals surface area (Å²) in [4.78, 5) is 0. The zero-order valence-electron chi connectivity index (χ0n) is 11.2. The molecule has 0 aromatic heterocycles. The van der Waals surface area contributed by atoms with Crippen molar-refractivity contribution in [2.24, 2.45) is 28.6 Å². The van der Waals surface area contributed by atoms with Crippen LogP contribution in [0.4, 0.5) is 0 Å². The van der Waals surface area contributed by atoms with Crippen molar-refractivity contribution in [2.75, 3.05) is 0 Å². The fourth-order valence-electron chi connectivity index (χ4n) is 5.69. The van der Waals surface area contributed by atoms with E-state index in [9.17, 15) is 5.11 Å². The molecule has 4 saturated carbocycles. The Bertz CT molecular complexity index is 321. The molecule has 4 aliphatic rings. The van der Waals surface area contributed by atoms with Crippen molar-refractivity contribution < 1.29 is 5.11 Å². The van der Waals surface area contributed by atoms with Crippen molar-refractivity contribution in [2.45, 2.75) is 65.4 Å². The minimum atomic E-state index is -0.391. The Morgan fingerprint density at radius 2 is 1.75 bits per heavy atom. The van der Waals surface area contributed by atoms with Gasteiger partial charge in [0.15, 0.2) is 0 Å². The Labute approximate surface area is 99.6 Å². The summed E-state index contributed by atoms with van der Waals surface area (Å²) < 4.78 is 0. The summed E-state index contributed by atoms with van der Waals surface area (Å²) in [5.41, 5.74) is -0.0576.